The first kappa shape index (κ1) is 38.6. The van der Waals surface area contributed by atoms with Gasteiger partial charge in [-0.05, 0) is 55.9 Å². The lowest BCUT2D eigenvalue weighted by molar-refractivity contribution is -0.164. The van der Waals surface area contributed by atoms with Crippen LogP contribution in [0.5, 0.6) is 5.75 Å². The van der Waals surface area contributed by atoms with Crippen molar-refractivity contribution in [2.75, 3.05) is 49.1 Å². The Balaban J connectivity index is 0.800. The van der Waals surface area contributed by atoms with E-state index in [2.05, 4.69) is 68.9 Å². The van der Waals surface area contributed by atoms with E-state index in [0.717, 1.165) is 75.1 Å². The van der Waals surface area contributed by atoms with Crippen LogP contribution in [-0.4, -0.2) is 93.7 Å². The molecular weight excluding hydrogens is 744 g/mol. The fourth-order valence-electron chi connectivity index (χ4n) is 9.89. The molecule has 4 amide bonds. The second-order valence-electron chi connectivity index (χ2n) is 17.1. The number of imide groups is 1. The molecule has 4 aromatic heterocycles. The zero-order valence-corrected chi connectivity index (χ0v) is 33.6. The smallest absolute Gasteiger partial charge is 0.329 e. The van der Waals surface area contributed by atoms with E-state index in [-0.39, 0.29) is 51.9 Å². The van der Waals surface area contributed by atoms with Gasteiger partial charge in [-0.15, -0.1) is 0 Å². The molecule has 14 nitrogen and oxygen atoms in total. The molecule has 57 heavy (non-hydrogen) atoms. The van der Waals surface area contributed by atoms with Crippen LogP contribution in [-0.2, 0) is 4.79 Å². The number of urea groups is 1. The van der Waals surface area contributed by atoms with E-state index in [0.29, 0.717) is 35.6 Å². The first-order chi connectivity index (χ1) is 27.3. The maximum Gasteiger partial charge on any atom is 0.329 e. The van der Waals surface area contributed by atoms with E-state index in [1.54, 1.807) is 23.4 Å². The Hall–Kier alpha value is -5.26. The summed E-state index contributed by atoms with van der Waals surface area (Å²) in [5.74, 6) is 2.19. The summed E-state index contributed by atoms with van der Waals surface area (Å²) in [5.41, 5.74) is 0.974. The molecule has 1 saturated carbocycles. The van der Waals surface area contributed by atoms with Crippen molar-refractivity contribution in [3.63, 3.8) is 0 Å². The molecule has 0 aromatic carbocycles. The van der Waals surface area contributed by atoms with Crippen molar-refractivity contribution < 1.29 is 19.1 Å². The summed E-state index contributed by atoms with van der Waals surface area (Å²) in [7, 11) is 0. The fourth-order valence-corrected chi connectivity index (χ4v) is 10.1. The van der Waals surface area contributed by atoms with Crippen LogP contribution in [0.3, 0.4) is 0 Å². The van der Waals surface area contributed by atoms with Crippen molar-refractivity contribution in [2.45, 2.75) is 78.0 Å². The van der Waals surface area contributed by atoms with Crippen LogP contribution >= 0.6 is 11.6 Å². The highest BCUT2D eigenvalue weighted by atomic mass is 35.5. The summed E-state index contributed by atoms with van der Waals surface area (Å²) in [6, 6.07) is 11.3. The van der Waals surface area contributed by atoms with Gasteiger partial charge in [0, 0.05) is 98.6 Å². The first-order valence-corrected chi connectivity index (χ1v) is 20.2. The summed E-state index contributed by atoms with van der Waals surface area (Å²) in [6.07, 6.45) is 11.4. The molecule has 0 unspecified atom stereocenters. The summed E-state index contributed by atoms with van der Waals surface area (Å²) in [6.45, 7) is 13.7. The number of hydrogen-bond acceptors (Lipinski definition) is 10. The third-order valence-electron chi connectivity index (χ3n) is 12.6. The number of pyridine rings is 3. The summed E-state index contributed by atoms with van der Waals surface area (Å²) in [4.78, 5) is 57.5. The second kappa shape index (κ2) is 15.2. The third-order valence-corrected chi connectivity index (χ3v) is 12.9. The topological polar surface area (TPSA) is 162 Å². The van der Waals surface area contributed by atoms with Gasteiger partial charge >= 0.3 is 6.03 Å². The van der Waals surface area contributed by atoms with Gasteiger partial charge in [0.05, 0.1) is 22.3 Å². The van der Waals surface area contributed by atoms with E-state index < -0.39 is 6.03 Å². The lowest BCUT2D eigenvalue weighted by Crippen LogP contribution is -2.74. The minimum atomic E-state index is -0.417. The number of ether oxygens (including phenoxy) is 1. The van der Waals surface area contributed by atoms with Gasteiger partial charge in [-0.25, -0.2) is 19.7 Å². The lowest BCUT2D eigenvalue weighted by atomic mass is 9.49. The van der Waals surface area contributed by atoms with E-state index >= 15 is 0 Å². The van der Waals surface area contributed by atoms with Crippen LogP contribution in [0.2, 0.25) is 5.02 Å². The van der Waals surface area contributed by atoms with Gasteiger partial charge in [0.2, 0.25) is 5.91 Å². The van der Waals surface area contributed by atoms with E-state index in [1.807, 2.05) is 30.3 Å². The van der Waals surface area contributed by atoms with Gasteiger partial charge in [-0.3, -0.25) is 19.8 Å². The minimum absolute atomic E-state index is 0.154. The number of anilines is 2. The summed E-state index contributed by atoms with van der Waals surface area (Å²) in [5, 5.41) is 16.0. The third kappa shape index (κ3) is 7.39. The van der Waals surface area contributed by atoms with E-state index in [4.69, 9.17) is 26.6 Å². The maximum absolute atomic E-state index is 13.5. The largest absolute Gasteiger partial charge is 0.487 e. The van der Waals surface area contributed by atoms with Gasteiger partial charge in [0.25, 0.3) is 5.91 Å². The molecule has 7 heterocycles. The monoisotopic (exact) mass is 792 g/mol. The predicted octanol–water partition coefficient (Wildman–Crippen LogP) is 5.96. The molecule has 0 spiro atoms. The van der Waals surface area contributed by atoms with Gasteiger partial charge in [0.1, 0.15) is 29.6 Å². The van der Waals surface area contributed by atoms with Crippen molar-refractivity contribution in [1.82, 2.24) is 35.1 Å². The molecule has 3 saturated heterocycles. The highest BCUT2D eigenvalue weighted by Crippen LogP contribution is 2.55. The van der Waals surface area contributed by atoms with Gasteiger partial charge in [0.15, 0.2) is 5.69 Å². The number of aromatic nitrogens is 4. The normalized spacial score (nSPS) is 22.8. The quantitative estimate of drug-likeness (QED) is 0.207. The lowest BCUT2D eigenvalue weighted by Gasteiger charge is -2.63. The molecule has 3 aliphatic heterocycles. The number of halogens is 1. The molecule has 0 radical (unpaired) electrons. The molecule has 0 atom stereocenters. The van der Waals surface area contributed by atoms with Crippen molar-refractivity contribution in [3.8, 4) is 11.8 Å². The number of nitrogens with one attached hydrogen (secondary N) is 2. The van der Waals surface area contributed by atoms with Crippen LogP contribution in [0.4, 0.5) is 16.4 Å². The molecule has 4 aromatic rings. The number of likely N-dealkylation sites (tertiary alicyclic amines) is 1. The number of carbonyl (C=O) groups is 3. The Morgan fingerprint density at radius 2 is 1.74 bits per heavy atom. The summed E-state index contributed by atoms with van der Waals surface area (Å²) >= 11 is 6.19. The van der Waals surface area contributed by atoms with E-state index in [1.165, 1.54) is 6.20 Å². The minimum Gasteiger partial charge on any atom is -0.487 e. The SMILES string of the molecule is CC1(C)[C@H](NC(=O)c2ccc(N3CCC(CN4CCC(n5ccc6c(N7CCC(=O)NC7=O)nccc65)CC4)CC3)nc2)C(C)(C)[C@H]1Oc1cnc(C#N)c(Cl)c1. The van der Waals surface area contributed by atoms with Crippen molar-refractivity contribution in [3.05, 3.63) is 71.4 Å². The Morgan fingerprint density at radius 1 is 0.982 bits per heavy atom. The number of amides is 4. The van der Waals surface area contributed by atoms with Crippen molar-refractivity contribution in [1.29, 1.82) is 5.26 Å². The number of nitrogens with zero attached hydrogens (tertiary/aromatic N) is 8. The Morgan fingerprint density at radius 3 is 2.40 bits per heavy atom. The van der Waals surface area contributed by atoms with Crippen LogP contribution in [0.1, 0.15) is 81.9 Å². The average Bonchev–Trinajstić information content (AvgIpc) is 3.64. The van der Waals surface area contributed by atoms with Crippen LogP contribution in [0, 0.1) is 28.1 Å². The van der Waals surface area contributed by atoms with Gasteiger partial charge in [-0.2, -0.15) is 5.26 Å². The number of hydrogen-bond donors (Lipinski definition) is 2. The Bertz CT molecular complexity index is 2200. The molecule has 298 valence electrons. The van der Waals surface area contributed by atoms with Crippen molar-refractivity contribution >= 4 is 52.0 Å². The Labute approximate surface area is 337 Å². The highest BCUT2D eigenvalue weighted by Gasteiger charge is 2.64. The van der Waals surface area contributed by atoms with Crippen LogP contribution < -0.4 is 25.2 Å². The molecule has 8 rings (SSSR count). The number of fused-ring (bicyclic) bond motifs is 1. The number of rotatable bonds is 9. The number of nitriles is 1. The van der Waals surface area contributed by atoms with Gasteiger partial charge < -0.3 is 24.4 Å². The highest BCUT2D eigenvalue weighted by molar-refractivity contribution is 6.31. The molecule has 0 bridgehead atoms. The summed E-state index contributed by atoms with van der Waals surface area (Å²) < 4.78 is 8.65. The van der Waals surface area contributed by atoms with Crippen molar-refractivity contribution in [2.24, 2.45) is 16.7 Å². The zero-order chi connectivity index (χ0) is 40.1. The maximum atomic E-state index is 13.5. The van der Waals surface area contributed by atoms with Crippen LogP contribution in [0.15, 0.2) is 55.1 Å². The molecule has 4 fully saturated rings. The first-order valence-electron chi connectivity index (χ1n) is 19.9. The molecule has 1 aliphatic carbocycles. The zero-order valence-electron chi connectivity index (χ0n) is 32.9. The van der Waals surface area contributed by atoms with E-state index in [9.17, 15) is 14.4 Å². The molecule has 2 N–H and O–H groups in total. The second-order valence-corrected chi connectivity index (χ2v) is 17.5. The molecule has 4 aliphatic rings. The number of piperidine rings is 2. The number of carbonyl (C=O) groups excluding carboxylic acids is 3. The predicted molar refractivity (Wildman–Crippen MR) is 216 cm³/mol. The standard InChI is InChI=1S/C42H49ClN10O4/c1-41(2)38(42(3,4)39(41)57-29-21-31(43)32(22-44)46-24-29)49-37(55)27-5-6-34(47-23-27)51-17-8-26(9-18-51)25-50-15-10-28(11-16-50)52-19-12-30-33(52)7-14-45-36(30)53-20-13-35(54)48-40(53)56/h5-7,12,14,19,21,23-24,26,28,38-39H,8-11,13,15-18,20,25H2,1-4H3,(H,49,55)(H,48,54,56)/t38-,39-. The van der Waals surface area contributed by atoms with Crippen LogP contribution in [0.25, 0.3) is 10.9 Å². The fraction of sp³-hybridized carbons (Fsp3) is 0.500. The molecule has 15 heteroatoms. The van der Waals surface area contributed by atoms with Gasteiger partial charge in [-0.1, -0.05) is 39.3 Å². The molecular formula is C42H49ClN10O4. The average molecular weight is 793 g/mol. The Kier molecular flexibility index (Phi) is 10.3.